The van der Waals surface area contributed by atoms with Crippen LogP contribution in [0.15, 0.2) is 40.9 Å². The predicted molar refractivity (Wildman–Crippen MR) is 93.2 cm³/mol. The van der Waals surface area contributed by atoms with E-state index in [0.29, 0.717) is 17.2 Å². The van der Waals surface area contributed by atoms with Gasteiger partial charge in [-0.3, -0.25) is 5.43 Å². The number of nitrogens with one attached hydrogen (secondary N) is 1. The summed E-state index contributed by atoms with van der Waals surface area (Å²) in [5.74, 6) is 0.396. The normalized spacial score (nSPS) is 11.1. The zero-order valence-electron chi connectivity index (χ0n) is 13.2. The van der Waals surface area contributed by atoms with Crippen molar-refractivity contribution in [3.63, 3.8) is 0 Å². The number of aryl methyl sites for hydroxylation is 1. The number of thiazole rings is 1. The van der Waals surface area contributed by atoms with Gasteiger partial charge in [0.2, 0.25) is 11.1 Å². The Hall–Kier alpha value is -2.74. The molecule has 0 unspecified atom stereocenters. The number of halogens is 1. The first-order chi connectivity index (χ1) is 11.7. The maximum atomic E-state index is 13.8. The van der Waals surface area contributed by atoms with Crippen molar-refractivity contribution in [3.8, 4) is 17.0 Å². The Kier molecular flexibility index (Phi) is 4.85. The lowest BCUT2D eigenvalue weighted by molar-refractivity contribution is 0.415. The monoisotopic (exact) mass is 345 g/mol. The Bertz CT molecular complexity index is 841. The summed E-state index contributed by atoms with van der Waals surface area (Å²) in [5, 5.41) is 10.5. The van der Waals surface area contributed by atoms with E-state index < -0.39 is 5.95 Å². The topological polar surface area (TPSA) is 64.3 Å². The van der Waals surface area contributed by atoms with Gasteiger partial charge >= 0.3 is 0 Å². The van der Waals surface area contributed by atoms with Crippen LogP contribution < -0.4 is 10.2 Å². The zero-order chi connectivity index (χ0) is 16.9. The number of methoxy groups -OCH3 is 1. The number of anilines is 1. The maximum absolute atomic E-state index is 13.8. The van der Waals surface area contributed by atoms with Crippen molar-refractivity contribution in [2.24, 2.45) is 5.10 Å². The summed E-state index contributed by atoms with van der Waals surface area (Å²) in [5.41, 5.74) is 4.96. The van der Waals surface area contributed by atoms with Gasteiger partial charge in [0.1, 0.15) is 5.75 Å². The highest BCUT2D eigenvalue weighted by atomic mass is 32.1. The Balaban J connectivity index is 1.67. The van der Waals surface area contributed by atoms with Crippen LogP contribution >= 0.6 is 11.3 Å². The van der Waals surface area contributed by atoms with Crippen molar-refractivity contribution in [2.45, 2.75) is 13.5 Å². The number of hydrogen-bond donors (Lipinski definition) is 1. The van der Waals surface area contributed by atoms with Crippen molar-refractivity contribution in [1.82, 2.24) is 14.8 Å². The molecule has 0 amide bonds. The molecule has 124 valence electrons. The number of benzene rings is 1. The molecule has 0 aliphatic rings. The molecular weight excluding hydrogens is 329 g/mol. The van der Waals surface area contributed by atoms with E-state index in [9.17, 15) is 4.39 Å². The third kappa shape index (κ3) is 3.43. The minimum Gasteiger partial charge on any atom is -0.497 e. The number of rotatable bonds is 6. The molecule has 8 heteroatoms. The van der Waals surface area contributed by atoms with Crippen LogP contribution in [0.4, 0.5) is 9.52 Å². The molecule has 0 bridgehead atoms. The van der Waals surface area contributed by atoms with Crippen LogP contribution in [0, 0.1) is 5.95 Å². The summed E-state index contributed by atoms with van der Waals surface area (Å²) in [7, 11) is 1.63. The van der Waals surface area contributed by atoms with Crippen molar-refractivity contribution in [1.29, 1.82) is 0 Å². The van der Waals surface area contributed by atoms with Crippen LogP contribution in [-0.2, 0) is 6.54 Å². The van der Waals surface area contributed by atoms with Gasteiger partial charge in [-0.15, -0.1) is 11.3 Å². The second-order valence-corrected chi connectivity index (χ2v) is 5.70. The van der Waals surface area contributed by atoms with Gasteiger partial charge in [0.25, 0.3) is 0 Å². The molecular formula is C16H16FN5OS. The number of aromatic nitrogens is 3. The average molecular weight is 345 g/mol. The molecule has 0 aliphatic heterocycles. The molecule has 6 nitrogen and oxygen atoms in total. The van der Waals surface area contributed by atoms with Crippen LogP contribution in [0.3, 0.4) is 0 Å². The van der Waals surface area contributed by atoms with Crippen LogP contribution in [-0.4, -0.2) is 28.1 Å². The molecule has 1 N–H and O–H groups in total. The van der Waals surface area contributed by atoms with Crippen LogP contribution in [0.2, 0.25) is 0 Å². The zero-order valence-corrected chi connectivity index (χ0v) is 14.0. The lowest BCUT2D eigenvalue weighted by Gasteiger charge is -2.00. The largest absolute Gasteiger partial charge is 0.497 e. The Morgan fingerprint density at radius 1 is 1.38 bits per heavy atom. The van der Waals surface area contributed by atoms with E-state index in [1.807, 2.05) is 36.6 Å². The lowest BCUT2D eigenvalue weighted by Crippen LogP contribution is -2.00. The molecule has 1 aromatic carbocycles. The van der Waals surface area contributed by atoms with Crippen molar-refractivity contribution in [2.75, 3.05) is 12.5 Å². The first-order valence-corrected chi connectivity index (χ1v) is 8.19. The van der Waals surface area contributed by atoms with E-state index in [4.69, 9.17) is 4.74 Å². The molecule has 3 rings (SSSR count). The fraction of sp³-hybridized carbons (Fsp3) is 0.188. The third-order valence-electron chi connectivity index (χ3n) is 3.35. The van der Waals surface area contributed by atoms with Gasteiger partial charge in [0.05, 0.1) is 30.8 Å². The highest BCUT2D eigenvalue weighted by Crippen LogP contribution is 2.26. The van der Waals surface area contributed by atoms with Crippen LogP contribution in [0.5, 0.6) is 5.75 Å². The average Bonchev–Trinajstić information content (AvgIpc) is 3.22. The van der Waals surface area contributed by atoms with Gasteiger partial charge in [0.15, 0.2) is 0 Å². The van der Waals surface area contributed by atoms with Crippen molar-refractivity contribution >= 4 is 22.7 Å². The maximum Gasteiger partial charge on any atom is 0.220 e. The lowest BCUT2D eigenvalue weighted by atomic mass is 10.2. The number of ether oxygens (including phenoxy) is 1. The van der Waals surface area contributed by atoms with E-state index in [2.05, 4.69) is 20.6 Å². The molecule has 0 saturated carbocycles. The first-order valence-electron chi connectivity index (χ1n) is 7.31. The summed E-state index contributed by atoms with van der Waals surface area (Å²) >= 11 is 1.42. The molecule has 0 atom stereocenters. The Morgan fingerprint density at radius 2 is 2.17 bits per heavy atom. The van der Waals surface area contributed by atoms with Gasteiger partial charge in [-0.25, -0.2) is 9.67 Å². The number of hydrogen-bond acceptors (Lipinski definition) is 6. The number of hydrazone groups is 1. The number of nitrogens with zero attached hydrogens (tertiary/aromatic N) is 4. The third-order valence-corrected chi connectivity index (χ3v) is 4.10. The van der Waals surface area contributed by atoms with Crippen LogP contribution in [0.1, 0.15) is 12.5 Å². The SMILES string of the molecule is CCn1ncc(C=NNc2nc(-c3ccc(OC)cc3)cs2)c1F. The molecule has 0 radical (unpaired) electrons. The highest BCUT2D eigenvalue weighted by Gasteiger charge is 2.07. The molecule has 0 saturated heterocycles. The molecule has 3 aromatic rings. The van der Waals surface area contributed by atoms with Crippen LogP contribution in [0.25, 0.3) is 11.3 Å². The van der Waals surface area contributed by atoms with Gasteiger partial charge in [0, 0.05) is 17.5 Å². The van der Waals surface area contributed by atoms with Crippen molar-refractivity contribution < 1.29 is 9.13 Å². The smallest absolute Gasteiger partial charge is 0.220 e. The van der Waals surface area contributed by atoms with E-state index in [1.54, 1.807) is 7.11 Å². The summed E-state index contributed by atoms with van der Waals surface area (Å²) in [4.78, 5) is 4.45. The van der Waals surface area contributed by atoms with Crippen molar-refractivity contribution in [3.05, 3.63) is 47.4 Å². The summed E-state index contributed by atoms with van der Waals surface area (Å²) in [6.07, 6.45) is 2.83. The second kappa shape index (κ2) is 7.22. The molecule has 0 fully saturated rings. The van der Waals surface area contributed by atoms with Gasteiger partial charge in [-0.1, -0.05) is 0 Å². The minimum atomic E-state index is -0.402. The second-order valence-electron chi connectivity index (χ2n) is 4.84. The van der Waals surface area contributed by atoms with E-state index in [0.717, 1.165) is 17.0 Å². The molecule has 2 aromatic heterocycles. The Morgan fingerprint density at radius 3 is 2.83 bits per heavy atom. The fourth-order valence-corrected chi connectivity index (χ4v) is 2.74. The van der Waals surface area contributed by atoms with Gasteiger partial charge < -0.3 is 4.74 Å². The summed E-state index contributed by atoms with van der Waals surface area (Å²) in [6, 6.07) is 7.65. The van der Waals surface area contributed by atoms with Gasteiger partial charge in [-0.2, -0.15) is 14.6 Å². The quantitative estimate of drug-likeness (QED) is 0.547. The predicted octanol–water partition coefficient (Wildman–Crippen LogP) is 3.62. The molecule has 24 heavy (non-hydrogen) atoms. The summed E-state index contributed by atoms with van der Waals surface area (Å²) < 4.78 is 20.2. The first kappa shape index (κ1) is 16.1. The minimum absolute atomic E-state index is 0.330. The van der Waals surface area contributed by atoms with E-state index in [-0.39, 0.29) is 0 Å². The van der Waals surface area contributed by atoms with E-state index >= 15 is 0 Å². The fourth-order valence-electron chi connectivity index (χ4n) is 2.07. The standard InChI is InChI=1S/C16H16FN5OS/c1-3-22-15(17)12(9-19-22)8-18-21-16-20-14(10-24-16)11-4-6-13(23-2)7-5-11/h4-10H,3H2,1-2H3,(H,20,21). The molecule has 0 aliphatic carbocycles. The summed E-state index contributed by atoms with van der Waals surface area (Å²) in [6.45, 7) is 2.30. The highest BCUT2D eigenvalue weighted by molar-refractivity contribution is 7.14. The van der Waals surface area contributed by atoms with Gasteiger partial charge in [-0.05, 0) is 31.2 Å². The Labute approximate surface area is 142 Å². The van der Waals surface area contributed by atoms with E-state index in [1.165, 1.54) is 28.4 Å². The molecule has 2 heterocycles. The molecule has 0 spiro atoms.